The van der Waals surface area contributed by atoms with Gasteiger partial charge in [0.1, 0.15) is 0 Å². The molecule has 0 bridgehead atoms. The van der Waals surface area contributed by atoms with E-state index in [4.69, 9.17) is 0 Å². The largest absolute Gasteiger partial charge is 0.449 e. The standard InChI is InChI=1S/C18H18N2O4/c1-3-24-18(23)20-19-17(22)15-7-5-4-6-14(15)16(21)13-10-8-12(2)9-11-13/h4-11H,3H2,1-2H3,(H,19,22)(H,20,23). The number of hydrogen-bond acceptors (Lipinski definition) is 4. The van der Waals surface area contributed by atoms with E-state index in [0.29, 0.717) is 5.56 Å². The number of aryl methyl sites for hydroxylation is 1. The van der Waals surface area contributed by atoms with Crippen molar-refractivity contribution in [3.63, 3.8) is 0 Å². The summed E-state index contributed by atoms with van der Waals surface area (Å²) >= 11 is 0. The van der Waals surface area contributed by atoms with Crippen LogP contribution >= 0.6 is 0 Å². The molecular weight excluding hydrogens is 308 g/mol. The van der Waals surface area contributed by atoms with E-state index in [9.17, 15) is 14.4 Å². The van der Waals surface area contributed by atoms with Crippen LogP contribution in [-0.2, 0) is 4.74 Å². The van der Waals surface area contributed by atoms with Gasteiger partial charge in [0.25, 0.3) is 5.91 Å². The summed E-state index contributed by atoms with van der Waals surface area (Å²) in [5, 5.41) is 0. The molecule has 2 aromatic carbocycles. The van der Waals surface area contributed by atoms with Gasteiger partial charge in [-0.2, -0.15) is 0 Å². The molecule has 24 heavy (non-hydrogen) atoms. The summed E-state index contributed by atoms with van der Waals surface area (Å²) in [6.45, 7) is 3.76. The molecule has 0 aliphatic heterocycles. The van der Waals surface area contributed by atoms with Crippen molar-refractivity contribution in [2.45, 2.75) is 13.8 Å². The number of carbonyl (C=O) groups excluding carboxylic acids is 3. The summed E-state index contributed by atoms with van der Waals surface area (Å²) in [6.07, 6.45) is -0.770. The molecule has 0 saturated heterocycles. The maximum absolute atomic E-state index is 12.6. The number of ketones is 1. The topological polar surface area (TPSA) is 84.5 Å². The van der Waals surface area contributed by atoms with Crippen LogP contribution in [0.25, 0.3) is 0 Å². The first-order valence-electron chi connectivity index (χ1n) is 7.46. The summed E-state index contributed by atoms with van der Waals surface area (Å²) in [7, 11) is 0. The van der Waals surface area contributed by atoms with Gasteiger partial charge in [-0.15, -0.1) is 0 Å². The molecule has 6 heteroatoms. The Balaban J connectivity index is 2.20. The van der Waals surface area contributed by atoms with Gasteiger partial charge in [0.05, 0.1) is 12.2 Å². The molecule has 0 radical (unpaired) electrons. The fraction of sp³-hybridized carbons (Fsp3) is 0.167. The molecular formula is C18H18N2O4. The van der Waals surface area contributed by atoms with E-state index in [0.717, 1.165) is 5.56 Å². The molecule has 2 amide bonds. The predicted octanol–water partition coefficient (Wildman–Crippen LogP) is 2.62. The number of carbonyl (C=O) groups is 3. The lowest BCUT2D eigenvalue weighted by Crippen LogP contribution is -2.42. The fourth-order valence-corrected chi connectivity index (χ4v) is 2.08. The van der Waals surface area contributed by atoms with Crippen molar-refractivity contribution < 1.29 is 19.1 Å². The molecule has 2 N–H and O–H groups in total. The highest BCUT2D eigenvalue weighted by molar-refractivity contribution is 6.15. The van der Waals surface area contributed by atoms with Gasteiger partial charge in [0.2, 0.25) is 0 Å². The van der Waals surface area contributed by atoms with Gasteiger partial charge in [-0.1, -0.05) is 48.0 Å². The quantitative estimate of drug-likeness (QED) is 0.668. The molecule has 0 heterocycles. The Labute approximate surface area is 139 Å². The highest BCUT2D eigenvalue weighted by atomic mass is 16.5. The Bertz CT molecular complexity index is 754. The zero-order valence-corrected chi connectivity index (χ0v) is 13.5. The molecule has 0 aliphatic carbocycles. The molecule has 0 saturated carbocycles. The lowest BCUT2D eigenvalue weighted by Gasteiger charge is -2.10. The van der Waals surface area contributed by atoms with Gasteiger partial charge < -0.3 is 4.74 Å². The Morgan fingerprint density at radius 3 is 2.17 bits per heavy atom. The van der Waals surface area contributed by atoms with Crippen LogP contribution in [0.1, 0.15) is 38.8 Å². The number of hydrogen-bond donors (Lipinski definition) is 2. The summed E-state index contributed by atoms with van der Waals surface area (Å²) in [6, 6.07) is 13.5. The van der Waals surface area contributed by atoms with Crippen LogP contribution in [0.15, 0.2) is 48.5 Å². The third kappa shape index (κ3) is 4.19. The van der Waals surface area contributed by atoms with Crippen LogP contribution < -0.4 is 10.9 Å². The highest BCUT2D eigenvalue weighted by Crippen LogP contribution is 2.15. The highest BCUT2D eigenvalue weighted by Gasteiger charge is 2.18. The first-order chi connectivity index (χ1) is 11.5. The Morgan fingerprint density at radius 2 is 1.54 bits per heavy atom. The van der Waals surface area contributed by atoms with E-state index in [1.807, 2.05) is 19.1 Å². The van der Waals surface area contributed by atoms with E-state index >= 15 is 0 Å². The molecule has 0 aromatic heterocycles. The van der Waals surface area contributed by atoms with Crippen molar-refractivity contribution in [2.75, 3.05) is 6.61 Å². The SMILES string of the molecule is CCOC(=O)NNC(=O)c1ccccc1C(=O)c1ccc(C)cc1. The van der Waals surface area contributed by atoms with Crippen LogP contribution in [0.2, 0.25) is 0 Å². The van der Waals surface area contributed by atoms with Gasteiger partial charge in [-0.25, -0.2) is 10.2 Å². The maximum atomic E-state index is 12.6. The zero-order chi connectivity index (χ0) is 17.5. The third-order valence-electron chi connectivity index (χ3n) is 3.28. The third-order valence-corrected chi connectivity index (χ3v) is 3.28. The van der Waals surface area contributed by atoms with Crippen molar-refractivity contribution in [2.24, 2.45) is 0 Å². The Kier molecular flexibility index (Phi) is 5.68. The van der Waals surface area contributed by atoms with Crippen molar-refractivity contribution in [1.29, 1.82) is 0 Å². The van der Waals surface area contributed by atoms with E-state index in [1.54, 1.807) is 37.3 Å². The molecule has 6 nitrogen and oxygen atoms in total. The van der Waals surface area contributed by atoms with E-state index in [1.165, 1.54) is 6.07 Å². The van der Waals surface area contributed by atoms with Crippen LogP contribution in [0, 0.1) is 6.92 Å². The molecule has 0 aliphatic rings. The second-order valence-corrected chi connectivity index (χ2v) is 5.04. The molecule has 0 fully saturated rings. The number of ether oxygens (including phenoxy) is 1. The molecule has 0 spiro atoms. The summed E-state index contributed by atoms with van der Waals surface area (Å²) in [4.78, 5) is 36.1. The molecule has 2 rings (SSSR count). The number of hydrazine groups is 1. The lowest BCUT2D eigenvalue weighted by atomic mass is 9.97. The first kappa shape index (κ1) is 17.2. The minimum absolute atomic E-state index is 0.167. The van der Waals surface area contributed by atoms with E-state index < -0.39 is 12.0 Å². The molecule has 0 unspecified atom stereocenters. The monoisotopic (exact) mass is 326 g/mol. The lowest BCUT2D eigenvalue weighted by molar-refractivity contribution is 0.0905. The van der Waals surface area contributed by atoms with Gasteiger partial charge >= 0.3 is 6.09 Å². The smallest absolute Gasteiger partial charge is 0.426 e. The van der Waals surface area contributed by atoms with Crippen molar-refractivity contribution in [3.05, 3.63) is 70.8 Å². The van der Waals surface area contributed by atoms with E-state index in [-0.39, 0.29) is 23.5 Å². The molecule has 2 aromatic rings. The Morgan fingerprint density at radius 1 is 0.917 bits per heavy atom. The average molecular weight is 326 g/mol. The van der Waals surface area contributed by atoms with Gasteiger partial charge in [0, 0.05) is 11.1 Å². The van der Waals surface area contributed by atoms with E-state index in [2.05, 4.69) is 15.6 Å². The minimum atomic E-state index is -0.770. The summed E-state index contributed by atoms with van der Waals surface area (Å²) in [5.41, 5.74) is 6.29. The summed E-state index contributed by atoms with van der Waals surface area (Å²) < 4.78 is 4.65. The normalized spacial score (nSPS) is 9.92. The van der Waals surface area contributed by atoms with Gasteiger partial charge in [-0.05, 0) is 19.9 Å². The molecule has 124 valence electrons. The number of nitrogens with one attached hydrogen (secondary N) is 2. The fourth-order valence-electron chi connectivity index (χ4n) is 2.08. The van der Waals surface area contributed by atoms with Crippen LogP contribution in [-0.4, -0.2) is 24.4 Å². The van der Waals surface area contributed by atoms with Crippen LogP contribution in [0.3, 0.4) is 0 Å². The van der Waals surface area contributed by atoms with Crippen molar-refractivity contribution in [3.8, 4) is 0 Å². The average Bonchev–Trinajstić information content (AvgIpc) is 2.60. The number of benzene rings is 2. The van der Waals surface area contributed by atoms with Gasteiger partial charge in [0.15, 0.2) is 5.78 Å². The van der Waals surface area contributed by atoms with Crippen LogP contribution in [0.4, 0.5) is 4.79 Å². The van der Waals surface area contributed by atoms with Gasteiger partial charge in [-0.3, -0.25) is 15.0 Å². The summed E-state index contributed by atoms with van der Waals surface area (Å²) in [5.74, 6) is -0.865. The first-order valence-corrected chi connectivity index (χ1v) is 7.46. The minimum Gasteiger partial charge on any atom is -0.449 e. The number of amides is 2. The predicted molar refractivity (Wildman–Crippen MR) is 88.7 cm³/mol. The van der Waals surface area contributed by atoms with Crippen molar-refractivity contribution in [1.82, 2.24) is 10.9 Å². The maximum Gasteiger partial charge on any atom is 0.426 e. The number of rotatable bonds is 4. The van der Waals surface area contributed by atoms with Crippen molar-refractivity contribution >= 4 is 17.8 Å². The Hall–Kier alpha value is -3.15. The second-order valence-electron chi connectivity index (χ2n) is 5.04. The van der Waals surface area contributed by atoms with Crippen LogP contribution in [0.5, 0.6) is 0 Å². The molecule has 0 atom stereocenters. The zero-order valence-electron chi connectivity index (χ0n) is 13.5. The second kappa shape index (κ2) is 7.92.